The molecule has 0 aliphatic heterocycles. The van der Waals surface area contributed by atoms with Gasteiger partial charge in [0.25, 0.3) is 0 Å². The summed E-state index contributed by atoms with van der Waals surface area (Å²) in [7, 11) is 0. The Morgan fingerprint density at radius 2 is 1.00 bits per heavy atom. The lowest BCUT2D eigenvalue weighted by atomic mass is 10.1. The Labute approximate surface area is 116 Å². The van der Waals surface area contributed by atoms with Gasteiger partial charge in [-0.2, -0.15) is 0 Å². The Morgan fingerprint density at radius 3 is 1.61 bits per heavy atom. The van der Waals surface area contributed by atoms with E-state index in [0.29, 0.717) is 0 Å². The van der Waals surface area contributed by atoms with Crippen LogP contribution >= 0.6 is 0 Å². The molecule has 106 valence electrons. The van der Waals surface area contributed by atoms with Crippen LogP contribution < -0.4 is 0 Å². The van der Waals surface area contributed by atoms with Gasteiger partial charge in [-0.15, -0.1) is 0 Å². The van der Waals surface area contributed by atoms with Gasteiger partial charge in [-0.25, -0.2) is 0 Å². The van der Waals surface area contributed by atoms with Crippen molar-refractivity contribution < 1.29 is 0 Å². The van der Waals surface area contributed by atoms with Gasteiger partial charge in [0.15, 0.2) is 0 Å². The van der Waals surface area contributed by atoms with E-state index in [1.807, 2.05) is 0 Å². The molecule has 0 aromatic rings. The summed E-state index contributed by atoms with van der Waals surface area (Å²) in [5.41, 5.74) is 0. The molecular formula is C18H34. The van der Waals surface area contributed by atoms with Gasteiger partial charge in [0.2, 0.25) is 0 Å². The minimum absolute atomic E-state index is 1.17. The molecule has 0 heteroatoms. The van der Waals surface area contributed by atoms with Crippen LogP contribution in [0.1, 0.15) is 90.9 Å². The van der Waals surface area contributed by atoms with Crippen molar-refractivity contribution in [2.45, 2.75) is 90.9 Å². The summed E-state index contributed by atoms with van der Waals surface area (Å²) in [6.45, 7) is 4.47. The Balaban J connectivity index is 3.06. The third kappa shape index (κ3) is 15.5. The van der Waals surface area contributed by atoms with Crippen LogP contribution in [0.2, 0.25) is 0 Å². The van der Waals surface area contributed by atoms with Gasteiger partial charge >= 0.3 is 0 Å². The van der Waals surface area contributed by atoms with Gasteiger partial charge < -0.3 is 0 Å². The Morgan fingerprint density at radius 1 is 0.500 bits per heavy atom. The monoisotopic (exact) mass is 250 g/mol. The molecule has 0 unspecified atom stereocenters. The molecule has 0 fully saturated rings. The van der Waals surface area contributed by atoms with Crippen LogP contribution in [0.5, 0.6) is 0 Å². The van der Waals surface area contributed by atoms with Crippen molar-refractivity contribution in [1.29, 1.82) is 0 Å². The van der Waals surface area contributed by atoms with Crippen LogP contribution in [-0.4, -0.2) is 0 Å². The molecule has 0 aliphatic carbocycles. The zero-order valence-corrected chi connectivity index (χ0v) is 12.8. The summed E-state index contributed by atoms with van der Waals surface area (Å²) >= 11 is 0. The van der Waals surface area contributed by atoms with Gasteiger partial charge in [0, 0.05) is 0 Å². The van der Waals surface area contributed by atoms with Gasteiger partial charge in [0.1, 0.15) is 0 Å². The maximum absolute atomic E-state index is 2.38. The highest BCUT2D eigenvalue weighted by atomic mass is 14.0. The van der Waals surface area contributed by atoms with Crippen molar-refractivity contribution in [2.24, 2.45) is 0 Å². The van der Waals surface area contributed by atoms with E-state index >= 15 is 0 Å². The molecule has 0 saturated carbocycles. The molecule has 0 radical (unpaired) electrons. The van der Waals surface area contributed by atoms with Gasteiger partial charge in [-0.3, -0.25) is 0 Å². The highest BCUT2D eigenvalue weighted by Crippen LogP contribution is 2.09. The smallest absolute Gasteiger partial charge is 0.0348 e. The molecule has 0 atom stereocenters. The molecule has 0 bridgehead atoms. The molecular weight excluding hydrogens is 216 g/mol. The van der Waals surface area contributed by atoms with Gasteiger partial charge in [0.05, 0.1) is 0 Å². The van der Waals surface area contributed by atoms with Crippen LogP contribution in [0.3, 0.4) is 0 Å². The Hall–Kier alpha value is -0.520. The normalized spacial score (nSPS) is 11.9. The van der Waals surface area contributed by atoms with Gasteiger partial charge in [-0.05, 0) is 38.5 Å². The minimum atomic E-state index is 1.17. The van der Waals surface area contributed by atoms with Crippen LogP contribution in [0.15, 0.2) is 24.3 Å². The topological polar surface area (TPSA) is 0 Å². The minimum Gasteiger partial charge on any atom is -0.0888 e. The van der Waals surface area contributed by atoms with Crippen molar-refractivity contribution in [3.05, 3.63) is 24.3 Å². The summed E-state index contributed by atoms with van der Waals surface area (Å²) < 4.78 is 0. The SMILES string of the molecule is CC/C=C/CCC/C=C/CCCCCCCCC. The van der Waals surface area contributed by atoms with E-state index in [4.69, 9.17) is 0 Å². The molecule has 0 N–H and O–H groups in total. The highest BCUT2D eigenvalue weighted by molar-refractivity contribution is 4.84. The molecule has 0 aromatic carbocycles. The molecule has 0 saturated heterocycles. The van der Waals surface area contributed by atoms with Crippen molar-refractivity contribution in [3.63, 3.8) is 0 Å². The van der Waals surface area contributed by atoms with Crippen molar-refractivity contribution in [1.82, 2.24) is 0 Å². The number of unbranched alkanes of at least 4 members (excludes halogenated alkanes) is 9. The first-order chi connectivity index (χ1) is 8.91. The van der Waals surface area contributed by atoms with Crippen LogP contribution in [-0.2, 0) is 0 Å². The third-order valence-corrected chi connectivity index (χ3v) is 3.28. The highest BCUT2D eigenvalue weighted by Gasteiger charge is 1.89. The number of hydrogen-bond donors (Lipinski definition) is 0. The molecule has 0 aromatic heterocycles. The standard InChI is InChI=1S/C18H34/c1-3-5-7-9-11-13-15-17-18-16-14-12-10-8-6-4-2/h5,7,15,17H,3-4,6,8-14,16,18H2,1-2H3/b7-5+,17-15+. The maximum Gasteiger partial charge on any atom is -0.0348 e. The molecule has 18 heavy (non-hydrogen) atoms. The maximum atomic E-state index is 2.38. The summed E-state index contributed by atoms with van der Waals surface area (Å²) in [5, 5.41) is 0. The second kappa shape index (κ2) is 16.5. The van der Waals surface area contributed by atoms with Crippen molar-refractivity contribution >= 4 is 0 Å². The summed E-state index contributed by atoms with van der Waals surface area (Å²) in [6.07, 6.45) is 25.5. The van der Waals surface area contributed by atoms with E-state index in [1.165, 1.54) is 77.0 Å². The first-order valence-corrected chi connectivity index (χ1v) is 8.21. The lowest BCUT2D eigenvalue weighted by Crippen LogP contribution is -1.79. The zero-order chi connectivity index (χ0) is 13.3. The fourth-order valence-electron chi connectivity index (χ4n) is 2.09. The van der Waals surface area contributed by atoms with E-state index < -0.39 is 0 Å². The lowest BCUT2D eigenvalue weighted by molar-refractivity contribution is 0.592. The largest absolute Gasteiger partial charge is 0.0888 e. The fourth-order valence-corrected chi connectivity index (χ4v) is 2.09. The molecule has 0 rings (SSSR count). The third-order valence-electron chi connectivity index (χ3n) is 3.28. The van der Waals surface area contributed by atoms with E-state index in [9.17, 15) is 0 Å². The summed E-state index contributed by atoms with van der Waals surface area (Å²) in [6, 6.07) is 0. The van der Waals surface area contributed by atoms with Crippen LogP contribution in [0, 0.1) is 0 Å². The number of rotatable bonds is 13. The van der Waals surface area contributed by atoms with E-state index in [1.54, 1.807) is 0 Å². The zero-order valence-electron chi connectivity index (χ0n) is 12.8. The quantitative estimate of drug-likeness (QED) is 0.248. The molecule has 0 nitrogen and oxygen atoms in total. The molecule has 0 spiro atoms. The first-order valence-electron chi connectivity index (χ1n) is 8.21. The summed E-state index contributed by atoms with van der Waals surface area (Å²) in [5.74, 6) is 0. The predicted molar refractivity (Wildman–Crippen MR) is 85.0 cm³/mol. The van der Waals surface area contributed by atoms with E-state index in [-0.39, 0.29) is 0 Å². The molecule has 0 aliphatic rings. The number of hydrogen-bond acceptors (Lipinski definition) is 0. The van der Waals surface area contributed by atoms with Crippen molar-refractivity contribution in [2.75, 3.05) is 0 Å². The molecule has 0 heterocycles. The molecule has 0 amide bonds. The van der Waals surface area contributed by atoms with Gasteiger partial charge in [-0.1, -0.05) is 76.7 Å². The average molecular weight is 250 g/mol. The number of allylic oxidation sites excluding steroid dienone is 4. The lowest BCUT2D eigenvalue weighted by Gasteiger charge is -1.98. The van der Waals surface area contributed by atoms with Crippen LogP contribution in [0.25, 0.3) is 0 Å². The second-order valence-electron chi connectivity index (χ2n) is 5.19. The summed E-state index contributed by atoms with van der Waals surface area (Å²) in [4.78, 5) is 0. The predicted octanol–water partition coefficient (Wildman–Crippen LogP) is 6.82. The van der Waals surface area contributed by atoms with E-state index in [2.05, 4.69) is 38.2 Å². The first kappa shape index (κ1) is 17.5. The van der Waals surface area contributed by atoms with Crippen LogP contribution in [0.4, 0.5) is 0 Å². The fraction of sp³-hybridized carbons (Fsp3) is 0.778. The van der Waals surface area contributed by atoms with Crippen molar-refractivity contribution in [3.8, 4) is 0 Å². The Bertz CT molecular complexity index is 188. The Kier molecular flexibility index (Phi) is 16.0. The van der Waals surface area contributed by atoms with E-state index in [0.717, 1.165) is 0 Å². The average Bonchev–Trinajstić information content (AvgIpc) is 2.39. The second-order valence-corrected chi connectivity index (χ2v) is 5.19.